The Bertz CT molecular complexity index is 3670. The molecule has 4 aliphatic rings. The van der Waals surface area contributed by atoms with E-state index in [0.717, 1.165) is 28.6 Å². The fourth-order valence-corrected chi connectivity index (χ4v) is 12.7. The van der Waals surface area contributed by atoms with E-state index in [1.165, 1.54) is 97.9 Å². The molecule has 1 aliphatic carbocycles. The third-order valence-corrected chi connectivity index (χ3v) is 15.5. The van der Waals surface area contributed by atoms with Gasteiger partial charge in [-0.25, -0.2) is 0 Å². The third-order valence-electron chi connectivity index (χ3n) is 14.3. The molecule has 2 aromatic heterocycles. The lowest BCUT2D eigenvalue weighted by Gasteiger charge is -2.42. The zero-order chi connectivity index (χ0) is 42.1. The quantitative estimate of drug-likeness (QED) is 0.162. The summed E-state index contributed by atoms with van der Waals surface area (Å²) < 4.78 is 18.9. The van der Waals surface area contributed by atoms with Crippen LogP contribution in [0.15, 0.2) is 158 Å². The highest BCUT2D eigenvalue weighted by molar-refractivity contribution is 7.26. The minimum Gasteiger partial charge on any atom is -0.450 e. The number of para-hydroxylation sites is 3. The number of nitrogens with zero attached hydrogens (tertiary/aromatic N) is 2. The first kappa shape index (κ1) is 35.6. The first-order chi connectivity index (χ1) is 30.6. The van der Waals surface area contributed by atoms with Gasteiger partial charge in [-0.1, -0.05) is 144 Å². The van der Waals surface area contributed by atoms with E-state index in [4.69, 9.17) is 9.47 Å². The Morgan fingerprint density at radius 2 is 1.27 bits per heavy atom. The summed E-state index contributed by atoms with van der Waals surface area (Å²) >= 11 is 1.91. The van der Waals surface area contributed by atoms with Crippen LogP contribution >= 0.6 is 11.3 Å². The van der Waals surface area contributed by atoms with Crippen LogP contribution in [0.5, 0.6) is 23.0 Å². The van der Waals surface area contributed by atoms with Gasteiger partial charge in [-0.15, -0.1) is 11.3 Å². The summed E-state index contributed by atoms with van der Waals surface area (Å²) in [5, 5.41) is 3.89. The summed E-state index contributed by atoms with van der Waals surface area (Å²) in [4.78, 5) is 2.59. The molecule has 0 amide bonds. The Morgan fingerprint density at radius 3 is 2.08 bits per heavy atom. The lowest BCUT2D eigenvalue weighted by Crippen LogP contribution is -2.57. The molecule has 10 aromatic rings. The van der Waals surface area contributed by atoms with Gasteiger partial charge in [0.2, 0.25) is 0 Å². The molecule has 0 spiro atoms. The van der Waals surface area contributed by atoms with E-state index in [9.17, 15) is 0 Å². The minimum atomic E-state index is -0.191. The lowest BCUT2D eigenvalue weighted by molar-refractivity contribution is 0.360. The van der Waals surface area contributed by atoms with E-state index >= 15 is 0 Å². The maximum Gasteiger partial charge on any atom is 0.333 e. The number of anilines is 3. The predicted octanol–water partition coefficient (Wildman–Crippen LogP) is 14.6. The summed E-state index contributed by atoms with van der Waals surface area (Å²) in [5.41, 5.74) is 18.6. The van der Waals surface area contributed by atoms with Crippen LogP contribution in [0.1, 0.15) is 51.3 Å². The number of hydrogen-bond donors (Lipinski definition) is 0. The van der Waals surface area contributed by atoms with Crippen molar-refractivity contribution in [3.05, 3.63) is 174 Å². The number of aromatic nitrogens is 1. The van der Waals surface area contributed by atoms with Crippen molar-refractivity contribution >= 4 is 77.2 Å². The van der Waals surface area contributed by atoms with Crippen LogP contribution in [0.2, 0.25) is 0 Å². The van der Waals surface area contributed by atoms with E-state index in [0.29, 0.717) is 5.75 Å². The molecule has 0 unspecified atom stereocenters. The van der Waals surface area contributed by atoms with Crippen molar-refractivity contribution in [3.8, 4) is 56.5 Å². The van der Waals surface area contributed by atoms with Crippen molar-refractivity contribution < 1.29 is 9.47 Å². The van der Waals surface area contributed by atoms with E-state index in [1.807, 2.05) is 35.6 Å². The van der Waals surface area contributed by atoms with Crippen LogP contribution in [-0.2, 0) is 10.8 Å². The largest absolute Gasteiger partial charge is 0.450 e. The van der Waals surface area contributed by atoms with Gasteiger partial charge in [-0.3, -0.25) is 0 Å². The van der Waals surface area contributed by atoms with Crippen molar-refractivity contribution in [1.82, 2.24) is 4.48 Å². The Labute approximate surface area is 370 Å². The molecule has 3 aliphatic heterocycles. The molecule has 0 saturated carbocycles. The zero-order valence-corrected chi connectivity index (χ0v) is 36.5. The predicted molar refractivity (Wildman–Crippen MR) is 264 cm³/mol. The van der Waals surface area contributed by atoms with Crippen LogP contribution in [0.3, 0.4) is 0 Å². The van der Waals surface area contributed by atoms with E-state index in [1.54, 1.807) is 0 Å². The molecule has 0 atom stereocenters. The number of hydrogen-bond acceptors (Lipinski definition) is 4. The normalized spacial score (nSPS) is 14.7. The highest BCUT2D eigenvalue weighted by Crippen LogP contribution is 2.58. The van der Waals surface area contributed by atoms with Gasteiger partial charge in [0.1, 0.15) is 0 Å². The number of thiophene rings is 1. The monoisotopic (exact) mass is 828 g/mol. The van der Waals surface area contributed by atoms with E-state index in [-0.39, 0.29) is 17.7 Å². The summed E-state index contributed by atoms with van der Waals surface area (Å²) in [6, 6.07) is 58.2. The molecule has 4 nitrogen and oxygen atoms in total. The van der Waals surface area contributed by atoms with Crippen molar-refractivity contribution in [2.45, 2.75) is 45.4 Å². The van der Waals surface area contributed by atoms with E-state index < -0.39 is 0 Å². The standard InChI is InChI=1S/C57H41BN2O2S/c1-56(2,3)33-26-27-43(38(28-33)32-16-7-6-8-17-32)59-44-31-48-47(61-45-23-12-13-24-46(45)62-48)30-42(44)58-51-39(29-40-34-18-10-14-25-49(34)63-55(40)54(51)59)35-20-15-21-37-50-53(60(58)52(35)37)36-19-9-11-22-41(36)57(50,4)5/h6-31H,1-5H3. The second-order valence-corrected chi connectivity index (χ2v) is 20.3. The highest BCUT2D eigenvalue weighted by Gasteiger charge is 2.49. The van der Waals surface area contributed by atoms with Gasteiger partial charge < -0.3 is 18.9 Å². The zero-order valence-electron chi connectivity index (χ0n) is 35.7. The minimum absolute atomic E-state index is 0.0524. The highest BCUT2D eigenvalue weighted by atomic mass is 32.1. The molecule has 0 N–H and O–H groups in total. The second kappa shape index (κ2) is 12.1. The van der Waals surface area contributed by atoms with Crippen LogP contribution in [0.4, 0.5) is 17.1 Å². The first-order valence-electron chi connectivity index (χ1n) is 22.0. The van der Waals surface area contributed by atoms with Crippen LogP contribution in [0, 0.1) is 0 Å². The topological polar surface area (TPSA) is 26.6 Å². The number of ether oxygens (including phenoxy) is 2. The average molecular weight is 829 g/mol. The van der Waals surface area contributed by atoms with Gasteiger partial charge in [0.15, 0.2) is 23.0 Å². The molecule has 8 aromatic carbocycles. The van der Waals surface area contributed by atoms with Crippen molar-refractivity contribution in [2.75, 3.05) is 4.90 Å². The number of benzene rings is 8. The van der Waals surface area contributed by atoms with Crippen molar-refractivity contribution in [1.29, 1.82) is 0 Å². The summed E-state index contributed by atoms with van der Waals surface area (Å²) in [6.45, 7) is 11.6. The molecule has 0 bridgehead atoms. The molecule has 0 saturated heterocycles. The Morgan fingerprint density at radius 1 is 0.571 bits per heavy atom. The molecular weight excluding hydrogens is 788 g/mol. The van der Waals surface area contributed by atoms with Crippen LogP contribution < -0.4 is 25.3 Å². The van der Waals surface area contributed by atoms with Gasteiger partial charge in [-0.2, -0.15) is 0 Å². The summed E-state index contributed by atoms with van der Waals surface area (Å²) in [5.74, 6) is 2.88. The fourth-order valence-electron chi connectivity index (χ4n) is 11.5. The Balaban J connectivity index is 1.18. The molecule has 300 valence electrons. The van der Waals surface area contributed by atoms with Crippen molar-refractivity contribution in [2.24, 2.45) is 0 Å². The van der Waals surface area contributed by atoms with Gasteiger partial charge >= 0.3 is 6.85 Å². The summed E-state index contributed by atoms with van der Waals surface area (Å²) in [7, 11) is 0. The van der Waals surface area contributed by atoms with Crippen LogP contribution in [-0.4, -0.2) is 11.3 Å². The van der Waals surface area contributed by atoms with Gasteiger partial charge in [0.05, 0.1) is 16.1 Å². The second-order valence-electron chi connectivity index (χ2n) is 19.2. The Kier molecular flexibility index (Phi) is 6.84. The molecule has 63 heavy (non-hydrogen) atoms. The van der Waals surface area contributed by atoms with Gasteiger partial charge in [0.25, 0.3) is 0 Å². The molecular formula is C57H41BN2O2S. The average Bonchev–Trinajstić information content (AvgIpc) is 3.93. The first-order valence-corrected chi connectivity index (χ1v) is 22.9. The smallest absolute Gasteiger partial charge is 0.333 e. The van der Waals surface area contributed by atoms with E-state index in [2.05, 4.69) is 177 Å². The van der Waals surface area contributed by atoms with Gasteiger partial charge in [-0.05, 0) is 86.6 Å². The third kappa shape index (κ3) is 4.61. The SMILES string of the molecule is CC(C)(C)c1ccc(N2c3cc4c(cc3B3c5c(cc6c(sc7ccccc76)c52)-c2cccc5c6c(n3c25)-c2ccccc2C6(C)C)Oc2ccccc2O4)c(-c2ccccc2)c1. The molecule has 0 fully saturated rings. The molecule has 0 radical (unpaired) electrons. The molecule has 5 heterocycles. The number of fused-ring (bicyclic) bond motifs is 15. The lowest BCUT2D eigenvalue weighted by atomic mass is 9.45. The maximum atomic E-state index is 6.83. The van der Waals surface area contributed by atoms with Gasteiger partial charge in [0, 0.05) is 65.9 Å². The van der Waals surface area contributed by atoms with Crippen molar-refractivity contribution in [3.63, 3.8) is 0 Å². The molecule has 6 heteroatoms. The Hall–Kier alpha value is -7.02. The molecule has 14 rings (SSSR count). The summed E-state index contributed by atoms with van der Waals surface area (Å²) in [6.07, 6.45) is 0. The fraction of sp³-hybridized carbons (Fsp3) is 0.123. The number of rotatable bonds is 2. The van der Waals surface area contributed by atoms with Crippen LogP contribution in [0.25, 0.3) is 64.6 Å². The maximum absolute atomic E-state index is 6.83.